The normalized spacial score (nSPS) is 10.5. The lowest BCUT2D eigenvalue weighted by Gasteiger charge is -2.15. The van der Waals surface area contributed by atoms with Gasteiger partial charge in [0.1, 0.15) is 0 Å². The molecule has 0 atom stereocenters. The van der Waals surface area contributed by atoms with Gasteiger partial charge in [0.2, 0.25) is 0 Å². The summed E-state index contributed by atoms with van der Waals surface area (Å²) in [6.07, 6.45) is 2.39. The molecule has 0 radical (unpaired) electrons. The highest BCUT2D eigenvalue weighted by Gasteiger charge is 2.22. The Hall–Kier alpha value is 0.480. The van der Waals surface area contributed by atoms with Gasteiger partial charge in [-0.2, -0.15) is 0 Å². The van der Waals surface area contributed by atoms with Gasteiger partial charge in [-0.15, -0.1) is 0 Å². The number of rotatable bonds is 5. The smallest absolute Gasteiger partial charge is 0.503 e. The molecule has 7 heteroatoms. The van der Waals surface area contributed by atoms with Crippen molar-refractivity contribution in [2.24, 2.45) is 0 Å². The molecule has 0 amide bonds. The van der Waals surface area contributed by atoms with E-state index in [1.807, 2.05) is 22.6 Å². The number of aromatic hydroxyl groups is 1. The maximum absolute atomic E-state index is 10.8. The average Bonchev–Trinajstić information content (AvgIpc) is 2.36. The number of hydrogen-bond acceptors (Lipinski definition) is 3. The maximum atomic E-state index is 10.8. The van der Waals surface area contributed by atoms with Crippen LogP contribution in [0.2, 0.25) is 0 Å². The molecule has 0 spiro atoms. The Kier molecular flexibility index (Phi) is 7.43. The summed E-state index contributed by atoms with van der Waals surface area (Å²) in [6.45, 7) is 2.11. The summed E-state index contributed by atoms with van der Waals surface area (Å²) >= 11 is 6.32. The number of ether oxygens (including phenoxy) is 1. The molecule has 0 saturated carbocycles. The third-order valence-electron chi connectivity index (χ3n) is 2.57. The Balaban J connectivity index is 3.26. The summed E-state index contributed by atoms with van der Waals surface area (Å²) in [5.41, 5.74) is 0.777. The van der Waals surface area contributed by atoms with Crippen LogP contribution in [0.1, 0.15) is 31.7 Å². The fourth-order valence-electron chi connectivity index (χ4n) is 1.65. The molecular weight excluding hydrogens is 589 g/mol. The molecule has 106 valence electrons. The van der Waals surface area contributed by atoms with Crippen molar-refractivity contribution in [3.8, 4) is 11.5 Å². The predicted molar refractivity (Wildman–Crippen MR) is 98.1 cm³/mol. The minimum Gasteiger partial charge on any atom is -0.503 e. The largest absolute Gasteiger partial charge is 0.511 e. The van der Waals surface area contributed by atoms with Crippen molar-refractivity contribution in [3.05, 3.63) is 16.3 Å². The van der Waals surface area contributed by atoms with Crippen molar-refractivity contribution < 1.29 is 19.7 Å². The summed E-state index contributed by atoms with van der Waals surface area (Å²) < 4.78 is 7.28. The minimum atomic E-state index is -1.40. The van der Waals surface area contributed by atoms with Gasteiger partial charge in [0.15, 0.2) is 11.5 Å². The second kappa shape index (κ2) is 8.05. The molecular formula is C12H13I3O4. The molecule has 1 rings (SSSR count). The van der Waals surface area contributed by atoms with Gasteiger partial charge in [0.05, 0.1) is 3.57 Å². The highest BCUT2D eigenvalue weighted by Crippen LogP contribution is 2.42. The molecule has 1 aromatic carbocycles. The van der Waals surface area contributed by atoms with Crippen molar-refractivity contribution in [2.45, 2.75) is 32.6 Å². The molecule has 0 fully saturated rings. The Morgan fingerprint density at radius 2 is 1.79 bits per heavy atom. The van der Waals surface area contributed by atoms with Crippen LogP contribution in [0.4, 0.5) is 4.79 Å². The maximum Gasteiger partial charge on any atom is 0.511 e. The molecule has 0 aromatic heterocycles. The summed E-state index contributed by atoms with van der Waals surface area (Å²) in [6, 6.07) is 0. The fourth-order valence-corrected chi connectivity index (χ4v) is 4.04. The van der Waals surface area contributed by atoms with Gasteiger partial charge in [0, 0.05) is 12.7 Å². The van der Waals surface area contributed by atoms with E-state index in [-0.39, 0.29) is 11.5 Å². The Labute approximate surface area is 152 Å². The summed E-state index contributed by atoms with van der Waals surface area (Å²) in [7, 11) is 0. The highest BCUT2D eigenvalue weighted by atomic mass is 127. The number of carboxylic acid groups (broad SMARTS) is 1. The molecule has 0 aliphatic rings. The highest BCUT2D eigenvalue weighted by molar-refractivity contribution is 14.1. The number of carbonyl (C=O) groups is 1. The topological polar surface area (TPSA) is 66.8 Å². The lowest BCUT2D eigenvalue weighted by molar-refractivity contribution is 0.142. The van der Waals surface area contributed by atoms with Gasteiger partial charge in [-0.05, 0) is 80.6 Å². The lowest BCUT2D eigenvalue weighted by atomic mass is 10.1. The lowest BCUT2D eigenvalue weighted by Crippen LogP contribution is -2.09. The second-order valence-corrected chi connectivity index (χ2v) is 7.16. The zero-order valence-corrected chi connectivity index (χ0v) is 16.6. The molecule has 1 aromatic rings. The van der Waals surface area contributed by atoms with E-state index in [9.17, 15) is 9.90 Å². The van der Waals surface area contributed by atoms with E-state index in [4.69, 9.17) is 9.84 Å². The van der Waals surface area contributed by atoms with Crippen LogP contribution in [0.15, 0.2) is 0 Å². The molecule has 4 nitrogen and oxygen atoms in total. The van der Waals surface area contributed by atoms with E-state index in [0.29, 0.717) is 9.99 Å². The molecule has 0 saturated heterocycles. The van der Waals surface area contributed by atoms with Gasteiger partial charge < -0.3 is 14.9 Å². The van der Waals surface area contributed by atoms with Crippen molar-refractivity contribution in [1.82, 2.24) is 0 Å². The van der Waals surface area contributed by atoms with Crippen molar-refractivity contribution in [1.29, 1.82) is 0 Å². The standard InChI is InChI=1S/C12H13I3O4/c1-2-3-4-5-6-7(13)8(14)9(15)10(16)11(6)19-12(17)18/h16H,2-5H2,1H3,(H,17,18). The zero-order valence-electron chi connectivity index (χ0n) is 10.2. The van der Waals surface area contributed by atoms with Gasteiger partial charge in [-0.25, -0.2) is 4.79 Å². The quantitative estimate of drug-likeness (QED) is 0.164. The van der Waals surface area contributed by atoms with E-state index in [0.717, 1.165) is 32.0 Å². The number of phenols is 1. The summed E-state index contributed by atoms with van der Waals surface area (Å²) in [5.74, 6) is -0.00265. The molecule has 0 unspecified atom stereocenters. The van der Waals surface area contributed by atoms with E-state index in [1.54, 1.807) is 0 Å². The molecule has 0 heterocycles. The van der Waals surface area contributed by atoms with Crippen LogP contribution in [0, 0.1) is 10.7 Å². The second-order valence-electron chi connectivity index (χ2n) is 3.92. The number of phenolic OH excluding ortho intramolecular Hbond substituents is 1. The van der Waals surface area contributed by atoms with Crippen molar-refractivity contribution >= 4 is 73.9 Å². The van der Waals surface area contributed by atoms with Gasteiger partial charge in [-0.3, -0.25) is 0 Å². The Morgan fingerprint density at radius 3 is 2.32 bits per heavy atom. The first-order valence-corrected chi connectivity index (χ1v) is 8.92. The first-order chi connectivity index (χ1) is 8.90. The third-order valence-corrected chi connectivity index (χ3v) is 7.95. The number of benzene rings is 1. The van der Waals surface area contributed by atoms with Gasteiger partial charge in [0.25, 0.3) is 0 Å². The van der Waals surface area contributed by atoms with Crippen LogP contribution in [0.25, 0.3) is 0 Å². The third kappa shape index (κ3) is 4.48. The Morgan fingerprint density at radius 1 is 1.16 bits per heavy atom. The number of halogens is 3. The molecule has 0 aliphatic carbocycles. The first kappa shape index (κ1) is 17.5. The number of unbranched alkanes of at least 4 members (excludes halogenated alkanes) is 2. The molecule has 0 aliphatic heterocycles. The average molecular weight is 602 g/mol. The summed E-state index contributed by atoms with van der Waals surface area (Å²) in [4.78, 5) is 10.8. The van der Waals surface area contributed by atoms with Crippen LogP contribution in [-0.4, -0.2) is 16.4 Å². The monoisotopic (exact) mass is 602 g/mol. The fraction of sp³-hybridized carbons (Fsp3) is 0.417. The first-order valence-electron chi connectivity index (χ1n) is 5.69. The Bertz CT molecular complexity index is 489. The SMILES string of the molecule is CCCCCc1c(I)c(I)c(I)c(O)c1OC(=O)O. The van der Waals surface area contributed by atoms with E-state index < -0.39 is 6.16 Å². The molecule has 19 heavy (non-hydrogen) atoms. The van der Waals surface area contributed by atoms with Crippen LogP contribution in [-0.2, 0) is 6.42 Å². The van der Waals surface area contributed by atoms with Crippen LogP contribution in [0.3, 0.4) is 0 Å². The minimum absolute atomic E-state index is 0.0813. The van der Waals surface area contributed by atoms with Crippen molar-refractivity contribution in [2.75, 3.05) is 0 Å². The van der Waals surface area contributed by atoms with E-state index in [1.165, 1.54) is 0 Å². The zero-order chi connectivity index (χ0) is 14.6. The molecule has 2 N–H and O–H groups in total. The van der Waals surface area contributed by atoms with Crippen molar-refractivity contribution in [3.63, 3.8) is 0 Å². The van der Waals surface area contributed by atoms with E-state index >= 15 is 0 Å². The van der Waals surface area contributed by atoms with E-state index in [2.05, 4.69) is 52.1 Å². The van der Waals surface area contributed by atoms with Gasteiger partial charge >= 0.3 is 6.16 Å². The van der Waals surface area contributed by atoms with Crippen LogP contribution >= 0.6 is 67.8 Å². The molecule has 0 bridgehead atoms. The van der Waals surface area contributed by atoms with Crippen LogP contribution in [0.5, 0.6) is 11.5 Å². The van der Waals surface area contributed by atoms with Gasteiger partial charge in [-0.1, -0.05) is 19.8 Å². The summed E-state index contributed by atoms with van der Waals surface area (Å²) in [5, 5.41) is 18.9. The number of hydrogen-bond donors (Lipinski definition) is 2. The predicted octanol–water partition coefficient (Wildman–Crippen LogP) is 5.00. The van der Waals surface area contributed by atoms with Crippen LogP contribution < -0.4 is 4.74 Å².